The van der Waals surface area contributed by atoms with E-state index in [4.69, 9.17) is 5.73 Å². The van der Waals surface area contributed by atoms with Crippen LogP contribution in [0.2, 0.25) is 0 Å². The number of anilines is 1. The Labute approximate surface area is 172 Å². The summed E-state index contributed by atoms with van der Waals surface area (Å²) in [6.45, 7) is 6.03. The van der Waals surface area contributed by atoms with E-state index in [0.717, 1.165) is 15.3 Å². The van der Waals surface area contributed by atoms with Gasteiger partial charge in [0.05, 0.1) is 11.5 Å². The number of carbonyl (C=O) groups is 2. The number of amides is 2. The summed E-state index contributed by atoms with van der Waals surface area (Å²) in [5.74, 6) is -1.35. The van der Waals surface area contributed by atoms with Gasteiger partial charge in [0.25, 0.3) is 15.9 Å². The first-order chi connectivity index (χ1) is 13.1. The molecule has 10 heteroatoms. The van der Waals surface area contributed by atoms with E-state index >= 15 is 0 Å². The van der Waals surface area contributed by atoms with Crippen LogP contribution in [0.15, 0.2) is 16.3 Å². The third-order valence-electron chi connectivity index (χ3n) is 4.93. The number of carbonyl (C=O) groups excluding carboxylic acids is 2. The zero-order valence-electron chi connectivity index (χ0n) is 15.9. The summed E-state index contributed by atoms with van der Waals surface area (Å²) in [6, 6.07) is 3.38. The molecule has 0 bridgehead atoms. The third-order valence-corrected chi connectivity index (χ3v) is 9.39. The number of sulfonamides is 1. The zero-order chi connectivity index (χ0) is 20.6. The van der Waals surface area contributed by atoms with Gasteiger partial charge >= 0.3 is 0 Å². The first-order valence-corrected chi connectivity index (χ1v) is 12.0. The molecule has 1 saturated heterocycles. The molecule has 1 aliphatic rings. The molecule has 2 aromatic heterocycles. The van der Waals surface area contributed by atoms with Crippen LogP contribution in [0.5, 0.6) is 0 Å². The van der Waals surface area contributed by atoms with Crippen molar-refractivity contribution in [1.82, 2.24) is 4.31 Å². The summed E-state index contributed by atoms with van der Waals surface area (Å²) in [7, 11) is -3.60. The molecule has 28 heavy (non-hydrogen) atoms. The molecule has 3 N–H and O–H groups in total. The van der Waals surface area contributed by atoms with Gasteiger partial charge in [0, 0.05) is 22.8 Å². The van der Waals surface area contributed by atoms with Crippen LogP contribution < -0.4 is 11.1 Å². The number of nitrogens with two attached hydrogens (primary N) is 1. The highest BCUT2D eigenvalue weighted by atomic mass is 32.2. The zero-order valence-corrected chi connectivity index (χ0v) is 18.4. The molecule has 0 spiro atoms. The molecular weight excluding hydrogens is 418 g/mol. The fourth-order valence-electron chi connectivity index (χ4n) is 3.28. The lowest BCUT2D eigenvalue weighted by atomic mass is 9.99. The van der Waals surface area contributed by atoms with E-state index in [9.17, 15) is 18.0 Å². The largest absolute Gasteiger partial charge is 0.365 e. The molecule has 0 aliphatic carbocycles. The van der Waals surface area contributed by atoms with Crippen LogP contribution in [-0.4, -0.2) is 37.6 Å². The van der Waals surface area contributed by atoms with Gasteiger partial charge in [0.1, 0.15) is 9.21 Å². The molecule has 0 saturated carbocycles. The van der Waals surface area contributed by atoms with Crippen molar-refractivity contribution in [1.29, 1.82) is 0 Å². The molecular formula is C18H23N3O4S3. The van der Waals surface area contributed by atoms with Crippen molar-refractivity contribution in [3.8, 4) is 0 Å². The van der Waals surface area contributed by atoms with Crippen molar-refractivity contribution in [2.75, 3.05) is 18.4 Å². The number of nitrogens with zero attached hydrogens (tertiary/aromatic N) is 1. The first-order valence-electron chi connectivity index (χ1n) is 8.88. The van der Waals surface area contributed by atoms with Crippen LogP contribution in [0.25, 0.3) is 0 Å². The van der Waals surface area contributed by atoms with Gasteiger partial charge in [0.2, 0.25) is 5.91 Å². The smallest absolute Gasteiger partial charge is 0.252 e. The molecule has 1 unspecified atom stereocenters. The number of aryl methyl sites for hydroxylation is 2. The summed E-state index contributed by atoms with van der Waals surface area (Å²) < 4.78 is 27.4. The highest BCUT2D eigenvalue weighted by Gasteiger charge is 2.34. The van der Waals surface area contributed by atoms with E-state index < -0.39 is 21.8 Å². The molecule has 1 fully saturated rings. The predicted octanol–water partition coefficient (Wildman–Crippen LogP) is 2.87. The second-order valence-electron chi connectivity index (χ2n) is 6.91. The SMILES string of the molecule is Cc1ccc(S(=O)(=O)N2CCCC(C(=O)Nc3sc(C)c(C)c3C(N)=O)C2)s1. The molecule has 7 nitrogen and oxygen atoms in total. The molecule has 3 rings (SSSR count). The van der Waals surface area contributed by atoms with Crippen molar-refractivity contribution in [2.24, 2.45) is 11.7 Å². The molecule has 1 atom stereocenters. The average molecular weight is 442 g/mol. The maximum atomic E-state index is 12.9. The van der Waals surface area contributed by atoms with Crippen molar-refractivity contribution < 1.29 is 18.0 Å². The Hall–Kier alpha value is -1.75. The lowest BCUT2D eigenvalue weighted by Crippen LogP contribution is -2.43. The number of rotatable bonds is 5. The van der Waals surface area contributed by atoms with Gasteiger partial charge in [-0.1, -0.05) is 0 Å². The number of hydrogen-bond donors (Lipinski definition) is 2. The number of nitrogens with one attached hydrogen (secondary N) is 1. The topological polar surface area (TPSA) is 110 Å². The maximum absolute atomic E-state index is 12.9. The van der Waals surface area contributed by atoms with Crippen molar-refractivity contribution in [3.05, 3.63) is 33.0 Å². The van der Waals surface area contributed by atoms with E-state index in [-0.39, 0.29) is 12.5 Å². The minimum Gasteiger partial charge on any atom is -0.365 e. The van der Waals surface area contributed by atoms with Gasteiger partial charge in [-0.25, -0.2) is 8.42 Å². The fourth-order valence-corrected chi connectivity index (χ4v) is 7.31. The third kappa shape index (κ3) is 4.00. The number of piperidine rings is 1. The van der Waals surface area contributed by atoms with Gasteiger partial charge in [-0.05, 0) is 51.3 Å². The van der Waals surface area contributed by atoms with Gasteiger partial charge in [-0.2, -0.15) is 4.31 Å². The quantitative estimate of drug-likeness (QED) is 0.743. The highest BCUT2D eigenvalue weighted by Crippen LogP contribution is 2.33. The minimum absolute atomic E-state index is 0.125. The van der Waals surface area contributed by atoms with Crippen molar-refractivity contribution in [3.63, 3.8) is 0 Å². The maximum Gasteiger partial charge on any atom is 0.252 e. The van der Waals surface area contributed by atoms with E-state index in [1.54, 1.807) is 19.1 Å². The standard InChI is InChI=1S/C18H23N3O4S3/c1-10-6-7-14(26-10)28(24,25)21-8-4-5-13(9-21)17(23)20-18-15(16(19)22)11(2)12(3)27-18/h6-7,13H,4-5,8-9H2,1-3H3,(H2,19,22)(H,20,23). The summed E-state index contributed by atoms with van der Waals surface area (Å²) in [4.78, 5) is 26.4. The molecule has 2 amide bonds. The molecule has 2 aromatic rings. The molecule has 3 heterocycles. The second-order valence-corrected chi connectivity index (χ2v) is 11.6. The fraction of sp³-hybridized carbons (Fsp3) is 0.444. The van der Waals surface area contributed by atoms with Crippen LogP contribution in [0.4, 0.5) is 5.00 Å². The summed E-state index contributed by atoms with van der Waals surface area (Å²) >= 11 is 2.53. The van der Waals surface area contributed by atoms with E-state index in [1.807, 2.05) is 13.8 Å². The van der Waals surface area contributed by atoms with E-state index in [2.05, 4.69) is 5.32 Å². The van der Waals surface area contributed by atoms with Gasteiger partial charge in [-0.15, -0.1) is 22.7 Å². The van der Waals surface area contributed by atoms with Gasteiger partial charge < -0.3 is 11.1 Å². The van der Waals surface area contributed by atoms with E-state index in [1.165, 1.54) is 27.0 Å². The summed E-state index contributed by atoms with van der Waals surface area (Å²) in [5.41, 5.74) is 6.54. The average Bonchev–Trinajstić information content (AvgIpc) is 3.19. The van der Waals surface area contributed by atoms with Crippen LogP contribution in [0.1, 0.15) is 38.5 Å². The Morgan fingerprint density at radius 2 is 1.93 bits per heavy atom. The van der Waals surface area contributed by atoms with Crippen molar-refractivity contribution in [2.45, 2.75) is 37.8 Å². The Morgan fingerprint density at radius 1 is 1.21 bits per heavy atom. The Morgan fingerprint density at radius 3 is 2.54 bits per heavy atom. The molecule has 0 radical (unpaired) electrons. The Balaban J connectivity index is 1.77. The van der Waals surface area contributed by atoms with Gasteiger partial charge in [-0.3, -0.25) is 9.59 Å². The van der Waals surface area contributed by atoms with E-state index in [0.29, 0.717) is 34.2 Å². The molecule has 0 aromatic carbocycles. The number of thiophene rings is 2. The normalized spacial score (nSPS) is 18.2. The molecule has 1 aliphatic heterocycles. The number of primary amides is 1. The lowest BCUT2D eigenvalue weighted by Gasteiger charge is -2.30. The Bertz CT molecular complexity index is 1020. The van der Waals surface area contributed by atoms with Crippen LogP contribution in [-0.2, 0) is 14.8 Å². The van der Waals surface area contributed by atoms with Crippen LogP contribution >= 0.6 is 22.7 Å². The minimum atomic E-state index is -3.60. The van der Waals surface area contributed by atoms with Crippen LogP contribution in [0.3, 0.4) is 0 Å². The second kappa shape index (κ2) is 7.94. The predicted molar refractivity (Wildman–Crippen MR) is 111 cm³/mol. The number of hydrogen-bond acceptors (Lipinski definition) is 6. The van der Waals surface area contributed by atoms with Crippen molar-refractivity contribution >= 4 is 49.5 Å². The van der Waals surface area contributed by atoms with Gasteiger partial charge in [0.15, 0.2) is 0 Å². The summed E-state index contributed by atoms with van der Waals surface area (Å²) in [5, 5.41) is 3.23. The summed E-state index contributed by atoms with van der Waals surface area (Å²) in [6.07, 6.45) is 1.20. The molecule has 152 valence electrons. The Kier molecular flexibility index (Phi) is 5.95. The lowest BCUT2D eigenvalue weighted by molar-refractivity contribution is -0.120. The van der Waals surface area contributed by atoms with Crippen LogP contribution in [0, 0.1) is 26.7 Å². The highest BCUT2D eigenvalue weighted by molar-refractivity contribution is 7.91. The monoisotopic (exact) mass is 441 g/mol. The first kappa shape index (κ1) is 21.0.